The molecule has 1 saturated heterocycles. The summed E-state index contributed by atoms with van der Waals surface area (Å²) < 4.78 is 10.4. The zero-order valence-corrected chi connectivity index (χ0v) is 15.6. The Morgan fingerprint density at radius 2 is 1.96 bits per heavy atom. The molecule has 4 rings (SSSR count). The van der Waals surface area contributed by atoms with Gasteiger partial charge in [0.15, 0.2) is 5.76 Å². The lowest BCUT2D eigenvalue weighted by molar-refractivity contribution is 0.0667. The van der Waals surface area contributed by atoms with Gasteiger partial charge in [-0.25, -0.2) is 4.98 Å². The number of fused-ring (bicyclic) bond motifs is 1. The molecule has 0 bridgehead atoms. The van der Waals surface area contributed by atoms with Crippen LogP contribution in [0.5, 0.6) is 5.88 Å². The highest BCUT2D eigenvalue weighted by Gasteiger charge is 2.26. The summed E-state index contributed by atoms with van der Waals surface area (Å²) in [5, 5.41) is 3.87. The first-order chi connectivity index (χ1) is 13.7. The lowest BCUT2D eigenvalue weighted by atomic mass is 10.0. The van der Waals surface area contributed by atoms with Crippen molar-refractivity contribution >= 4 is 22.7 Å². The Labute approximate surface area is 162 Å². The summed E-state index contributed by atoms with van der Waals surface area (Å²) in [6, 6.07) is 12.5. The van der Waals surface area contributed by atoms with Crippen molar-refractivity contribution in [3.05, 3.63) is 60.1 Å². The van der Waals surface area contributed by atoms with Crippen LogP contribution in [-0.4, -0.2) is 47.9 Å². The Balaban J connectivity index is 1.44. The molecule has 0 saturated carbocycles. The Hall–Kier alpha value is -3.35. The number of hydrogen-bond acceptors (Lipinski definition) is 5. The number of piperidine rings is 1. The summed E-state index contributed by atoms with van der Waals surface area (Å²) in [5.41, 5.74) is 1.25. The molecule has 3 heterocycles. The number of pyridine rings is 1. The third kappa shape index (κ3) is 3.55. The smallest absolute Gasteiger partial charge is 0.289 e. The molecule has 0 unspecified atom stereocenters. The normalized spacial score (nSPS) is 14.8. The highest BCUT2D eigenvalue weighted by molar-refractivity contribution is 6.06. The Morgan fingerprint density at radius 3 is 2.68 bits per heavy atom. The van der Waals surface area contributed by atoms with Gasteiger partial charge in [-0.1, -0.05) is 18.2 Å². The van der Waals surface area contributed by atoms with Crippen LogP contribution in [0.25, 0.3) is 10.9 Å². The van der Waals surface area contributed by atoms with Gasteiger partial charge in [0, 0.05) is 30.6 Å². The number of carbonyl (C=O) groups is 2. The van der Waals surface area contributed by atoms with E-state index in [-0.39, 0.29) is 17.9 Å². The van der Waals surface area contributed by atoms with E-state index in [0.29, 0.717) is 48.7 Å². The van der Waals surface area contributed by atoms with Crippen LogP contribution in [0, 0.1) is 0 Å². The van der Waals surface area contributed by atoms with Gasteiger partial charge in [-0.2, -0.15) is 0 Å². The van der Waals surface area contributed by atoms with Crippen LogP contribution in [0.4, 0.5) is 0 Å². The van der Waals surface area contributed by atoms with Gasteiger partial charge in [0.1, 0.15) is 0 Å². The fourth-order valence-electron chi connectivity index (χ4n) is 3.49. The summed E-state index contributed by atoms with van der Waals surface area (Å²) in [7, 11) is 1.53. The number of aromatic nitrogens is 1. The predicted octanol–water partition coefficient (Wildman–Crippen LogP) is 2.87. The largest absolute Gasteiger partial charge is 0.481 e. The molecule has 1 aliphatic heterocycles. The van der Waals surface area contributed by atoms with Crippen LogP contribution in [0.3, 0.4) is 0 Å². The molecule has 2 aromatic heterocycles. The van der Waals surface area contributed by atoms with Crippen molar-refractivity contribution < 1.29 is 18.7 Å². The number of rotatable bonds is 4. The number of hydrogen-bond donors (Lipinski definition) is 1. The first-order valence-electron chi connectivity index (χ1n) is 9.23. The number of methoxy groups -OCH3 is 1. The van der Waals surface area contributed by atoms with Crippen molar-refractivity contribution in [3.63, 3.8) is 0 Å². The number of ether oxygens (including phenoxy) is 1. The van der Waals surface area contributed by atoms with E-state index in [1.807, 2.05) is 24.3 Å². The van der Waals surface area contributed by atoms with Gasteiger partial charge in [-0.05, 0) is 31.0 Å². The van der Waals surface area contributed by atoms with E-state index in [4.69, 9.17) is 9.15 Å². The van der Waals surface area contributed by atoms with Gasteiger partial charge in [0.05, 0.1) is 24.5 Å². The maximum absolute atomic E-state index is 12.9. The van der Waals surface area contributed by atoms with E-state index in [9.17, 15) is 9.59 Å². The lowest BCUT2D eigenvalue weighted by Crippen LogP contribution is -2.46. The molecule has 3 aromatic rings. The number of amides is 2. The van der Waals surface area contributed by atoms with Crippen LogP contribution >= 0.6 is 0 Å². The number of furan rings is 1. The second-order valence-corrected chi connectivity index (χ2v) is 6.75. The van der Waals surface area contributed by atoms with E-state index >= 15 is 0 Å². The van der Waals surface area contributed by atoms with Crippen molar-refractivity contribution in [2.24, 2.45) is 0 Å². The van der Waals surface area contributed by atoms with E-state index in [0.717, 1.165) is 5.39 Å². The van der Waals surface area contributed by atoms with Crippen LogP contribution in [0.1, 0.15) is 33.8 Å². The fourth-order valence-corrected chi connectivity index (χ4v) is 3.49. The molecule has 1 aliphatic rings. The van der Waals surface area contributed by atoms with Gasteiger partial charge in [0.2, 0.25) is 5.88 Å². The van der Waals surface area contributed by atoms with E-state index in [1.165, 1.54) is 13.4 Å². The quantitative estimate of drug-likeness (QED) is 0.753. The van der Waals surface area contributed by atoms with Crippen molar-refractivity contribution in [2.75, 3.05) is 20.2 Å². The molecule has 1 N–H and O–H groups in total. The zero-order valence-electron chi connectivity index (χ0n) is 15.6. The summed E-state index contributed by atoms with van der Waals surface area (Å²) in [6.07, 6.45) is 2.88. The monoisotopic (exact) mass is 379 g/mol. The number of carbonyl (C=O) groups excluding carboxylic acids is 2. The van der Waals surface area contributed by atoms with Crippen molar-refractivity contribution in [2.45, 2.75) is 18.9 Å². The third-order valence-electron chi connectivity index (χ3n) is 5.00. The molecule has 28 heavy (non-hydrogen) atoms. The minimum atomic E-state index is -0.160. The molecule has 0 aliphatic carbocycles. The van der Waals surface area contributed by atoms with Gasteiger partial charge in [-0.3, -0.25) is 9.59 Å². The Bertz CT molecular complexity index is 992. The fraction of sp³-hybridized carbons (Fsp3) is 0.286. The van der Waals surface area contributed by atoms with E-state index in [1.54, 1.807) is 23.1 Å². The number of para-hydroxylation sites is 1. The van der Waals surface area contributed by atoms with Crippen LogP contribution in [-0.2, 0) is 0 Å². The van der Waals surface area contributed by atoms with Crippen molar-refractivity contribution in [3.8, 4) is 5.88 Å². The van der Waals surface area contributed by atoms with E-state index in [2.05, 4.69) is 10.3 Å². The first kappa shape index (κ1) is 18.0. The van der Waals surface area contributed by atoms with E-state index < -0.39 is 0 Å². The summed E-state index contributed by atoms with van der Waals surface area (Å²) >= 11 is 0. The molecule has 7 heteroatoms. The SMILES string of the molecule is COc1cc(C(=O)NC2CCN(C(=O)c3ccco3)CC2)c2ccccc2n1. The molecule has 2 amide bonds. The molecular weight excluding hydrogens is 358 g/mol. The van der Waals surface area contributed by atoms with Gasteiger partial charge >= 0.3 is 0 Å². The standard InChI is InChI=1S/C21H21N3O4/c1-27-19-13-16(15-5-2-3-6-17(15)23-19)20(25)22-14-8-10-24(11-9-14)21(26)18-7-4-12-28-18/h2-7,12-14H,8-11H2,1H3,(H,22,25). The van der Waals surface area contributed by atoms with Crippen LogP contribution in [0.15, 0.2) is 53.1 Å². The average Bonchev–Trinajstić information content (AvgIpc) is 3.27. The molecule has 1 aromatic carbocycles. The highest BCUT2D eigenvalue weighted by atomic mass is 16.5. The molecule has 0 radical (unpaired) electrons. The second kappa shape index (κ2) is 7.72. The lowest BCUT2D eigenvalue weighted by Gasteiger charge is -2.32. The van der Waals surface area contributed by atoms with Crippen molar-refractivity contribution in [1.29, 1.82) is 0 Å². The minimum Gasteiger partial charge on any atom is -0.481 e. The molecule has 0 atom stereocenters. The highest BCUT2D eigenvalue weighted by Crippen LogP contribution is 2.23. The summed E-state index contributed by atoms with van der Waals surface area (Å²) in [6.45, 7) is 1.15. The Kier molecular flexibility index (Phi) is 4.97. The minimum absolute atomic E-state index is 0.00562. The molecule has 144 valence electrons. The molecule has 1 fully saturated rings. The first-order valence-corrected chi connectivity index (χ1v) is 9.23. The maximum Gasteiger partial charge on any atom is 0.289 e. The number of likely N-dealkylation sites (tertiary alicyclic amines) is 1. The maximum atomic E-state index is 12.9. The van der Waals surface area contributed by atoms with Gasteiger partial charge < -0.3 is 19.4 Å². The number of benzene rings is 1. The summed E-state index contributed by atoms with van der Waals surface area (Å²) in [5.74, 6) is 0.480. The van der Waals surface area contributed by atoms with Crippen LogP contribution in [0.2, 0.25) is 0 Å². The third-order valence-corrected chi connectivity index (χ3v) is 5.00. The number of nitrogens with zero attached hydrogens (tertiary/aromatic N) is 2. The zero-order chi connectivity index (χ0) is 19.5. The molecular formula is C21H21N3O4. The van der Waals surface area contributed by atoms with Gasteiger partial charge in [-0.15, -0.1) is 0 Å². The van der Waals surface area contributed by atoms with Crippen molar-refractivity contribution in [1.82, 2.24) is 15.2 Å². The van der Waals surface area contributed by atoms with Crippen LogP contribution < -0.4 is 10.1 Å². The molecule has 7 nitrogen and oxygen atoms in total. The van der Waals surface area contributed by atoms with Gasteiger partial charge in [0.25, 0.3) is 11.8 Å². The molecule has 0 spiro atoms. The Morgan fingerprint density at radius 1 is 1.18 bits per heavy atom. The average molecular weight is 379 g/mol. The predicted molar refractivity (Wildman–Crippen MR) is 103 cm³/mol. The summed E-state index contributed by atoms with van der Waals surface area (Å²) in [4.78, 5) is 31.4. The topological polar surface area (TPSA) is 84.7 Å². The number of nitrogens with one attached hydrogen (secondary N) is 1. The second-order valence-electron chi connectivity index (χ2n) is 6.75.